The first-order chi connectivity index (χ1) is 12.0. The summed E-state index contributed by atoms with van der Waals surface area (Å²) in [5.74, 6) is 0.104. The number of rotatable bonds is 6. The Morgan fingerprint density at radius 1 is 1.24 bits per heavy atom. The summed E-state index contributed by atoms with van der Waals surface area (Å²) in [7, 11) is -3.63. The zero-order chi connectivity index (χ0) is 17.9. The van der Waals surface area contributed by atoms with Gasteiger partial charge in [-0.2, -0.15) is 0 Å². The molecule has 4 N–H and O–H groups in total. The van der Waals surface area contributed by atoms with Crippen molar-refractivity contribution in [3.63, 3.8) is 0 Å². The Morgan fingerprint density at radius 2 is 2.08 bits per heavy atom. The van der Waals surface area contributed by atoms with Crippen molar-refractivity contribution >= 4 is 33.0 Å². The molecule has 134 valence electrons. The van der Waals surface area contributed by atoms with Crippen LogP contribution < -0.4 is 15.8 Å². The quantitative estimate of drug-likeness (QED) is 0.717. The molecule has 0 radical (unpaired) electrons. The largest absolute Gasteiger partial charge is 0.349 e. The van der Waals surface area contributed by atoms with Crippen molar-refractivity contribution in [2.24, 2.45) is 11.7 Å². The molecule has 2 unspecified atom stereocenters. The lowest BCUT2D eigenvalue weighted by Crippen LogP contribution is -2.39. The van der Waals surface area contributed by atoms with E-state index in [1.165, 1.54) is 6.07 Å². The smallest absolute Gasteiger partial charge is 0.271 e. The lowest BCUT2D eigenvalue weighted by Gasteiger charge is -2.19. The third-order valence-corrected chi connectivity index (χ3v) is 7.19. The molecule has 3 rings (SSSR count). The van der Waals surface area contributed by atoms with Gasteiger partial charge in [-0.1, -0.05) is 18.6 Å². The van der Waals surface area contributed by atoms with E-state index in [1.807, 2.05) is 0 Å². The number of anilines is 1. The van der Waals surface area contributed by atoms with E-state index >= 15 is 0 Å². The van der Waals surface area contributed by atoms with Crippen LogP contribution in [-0.2, 0) is 10.0 Å². The Bertz CT molecular complexity index is 835. The molecule has 0 bridgehead atoms. The number of benzene rings is 1. The summed E-state index contributed by atoms with van der Waals surface area (Å²) in [5, 5.41) is 4.72. The van der Waals surface area contributed by atoms with Gasteiger partial charge in [0.1, 0.15) is 4.21 Å². The van der Waals surface area contributed by atoms with Gasteiger partial charge >= 0.3 is 0 Å². The molecular formula is C17H21N3O3S2. The molecular weight excluding hydrogens is 358 g/mol. The summed E-state index contributed by atoms with van der Waals surface area (Å²) in [4.78, 5) is 12.5. The minimum absolute atomic E-state index is 0.0870. The van der Waals surface area contributed by atoms with Crippen LogP contribution in [0.25, 0.3) is 0 Å². The fourth-order valence-electron chi connectivity index (χ4n) is 3.11. The second kappa shape index (κ2) is 7.55. The molecule has 1 fully saturated rings. The van der Waals surface area contributed by atoms with E-state index in [0.29, 0.717) is 23.7 Å². The molecule has 1 aromatic carbocycles. The normalized spacial score (nSPS) is 20.4. The van der Waals surface area contributed by atoms with Crippen LogP contribution in [0.4, 0.5) is 5.69 Å². The molecule has 1 aromatic heterocycles. The standard InChI is InChI=1S/C17H21N3O3S2/c18-11-13-5-2-7-15(13)19-17(21)12-4-1-6-14(10-12)20-25(22,23)16-8-3-9-24-16/h1,3-4,6,8-10,13,15,20H,2,5,7,11,18H2,(H,19,21). The van der Waals surface area contributed by atoms with Crippen LogP contribution in [-0.4, -0.2) is 26.9 Å². The van der Waals surface area contributed by atoms with Crippen LogP contribution in [0.1, 0.15) is 29.6 Å². The summed E-state index contributed by atoms with van der Waals surface area (Å²) in [6.45, 7) is 0.561. The third-order valence-electron chi connectivity index (χ3n) is 4.42. The zero-order valence-electron chi connectivity index (χ0n) is 13.6. The molecule has 0 aliphatic heterocycles. The molecule has 2 aromatic rings. The molecule has 1 amide bonds. The van der Waals surface area contributed by atoms with Crippen LogP contribution in [0.5, 0.6) is 0 Å². The van der Waals surface area contributed by atoms with Gasteiger partial charge in [-0.25, -0.2) is 8.42 Å². The average Bonchev–Trinajstić information content (AvgIpc) is 3.26. The summed E-state index contributed by atoms with van der Waals surface area (Å²) in [6.07, 6.45) is 3.02. The molecule has 1 aliphatic carbocycles. The van der Waals surface area contributed by atoms with E-state index in [9.17, 15) is 13.2 Å². The van der Waals surface area contributed by atoms with Gasteiger partial charge in [0.05, 0.1) is 0 Å². The van der Waals surface area contributed by atoms with Crippen molar-refractivity contribution in [2.75, 3.05) is 11.3 Å². The lowest BCUT2D eigenvalue weighted by molar-refractivity contribution is 0.0929. The Labute approximate surface area is 151 Å². The molecule has 1 heterocycles. The fraction of sp³-hybridized carbons (Fsp3) is 0.353. The number of nitrogens with one attached hydrogen (secondary N) is 2. The van der Waals surface area contributed by atoms with Crippen LogP contribution >= 0.6 is 11.3 Å². The minimum atomic E-state index is -3.63. The highest BCUT2D eigenvalue weighted by Gasteiger charge is 2.27. The van der Waals surface area contributed by atoms with Crippen molar-refractivity contribution < 1.29 is 13.2 Å². The van der Waals surface area contributed by atoms with Gasteiger partial charge in [0.25, 0.3) is 15.9 Å². The first kappa shape index (κ1) is 17.9. The van der Waals surface area contributed by atoms with E-state index in [1.54, 1.807) is 35.7 Å². The zero-order valence-corrected chi connectivity index (χ0v) is 15.3. The number of carbonyl (C=O) groups is 1. The molecule has 1 saturated carbocycles. The summed E-state index contributed by atoms with van der Waals surface area (Å²) < 4.78 is 27.3. The number of amides is 1. The summed E-state index contributed by atoms with van der Waals surface area (Å²) in [6, 6.07) is 9.81. The fourth-order valence-corrected chi connectivity index (χ4v) is 5.15. The van der Waals surface area contributed by atoms with Gasteiger partial charge in [-0.05, 0) is 54.9 Å². The number of carbonyl (C=O) groups excluding carboxylic acids is 1. The van der Waals surface area contributed by atoms with Crippen LogP contribution in [0, 0.1) is 5.92 Å². The van der Waals surface area contributed by atoms with Gasteiger partial charge in [-0.3, -0.25) is 9.52 Å². The van der Waals surface area contributed by atoms with E-state index in [0.717, 1.165) is 30.6 Å². The summed E-state index contributed by atoms with van der Waals surface area (Å²) in [5.41, 5.74) is 6.54. The van der Waals surface area contributed by atoms with Crippen LogP contribution in [0.3, 0.4) is 0 Å². The Balaban J connectivity index is 1.72. The van der Waals surface area contributed by atoms with Crippen LogP contribution in [0.2, 0.25) is 0 Å². The van der Waals surface area contributed by atoms with Crippen molar-refractivity contribution in [3.8, 4) is 0 Å². The number of sulfonamides is 1. The molecule has 8 heteroatoms. The van der Waals surface area contributed by atoms with E-state index < -0.39 is 10.0 Å². The van der Waals surface area contributed by atoms with Gasteiger partial charge in [0.15, 0.2) is 0 Å². The van der Waals surface area contributed by atoms with Gasteiger partial charge in [-0.15, -0.1) is 11.3 Å². The maximum Gasteiger partial charge on any atom is 0.271 e. The topological polar surface area (TPSA) is 101 Å². The molecule has 1 aliphatic rings. The van der Waals surface area contributed by atoms with Crippen LogP contribution in [0.15, 0.2) is 46.0 Å². The SMILES string of the molecule is NCC1CCCC1NC(=O)c1cccc(NS(=O)(=O)c2cccs2)c1. The van der Waals surface area contributed by atoms with Gasteiger partial charge in [0, 0.05) is 17.3 Å². The Hall–Kier alpha value is -1.90. The van der Waals surface area contributed by atoms with Crippen molar-refractivity contribution in [1.82, 2.24) is 5.32 Å². The number of hydrogen-bond acceptors (Lipinski definition) is 5. The molecule has 0 saturated heterocycles. The number of nitrogens with two attached hydrogens (primary N) is 1. The van der Waals surface area contributed by atoms with Crippen molar-refractivity contribution in [1.29, 1.82) is 0 Å². The number of hydrogen-bond donors (Lipinski definition) is 3. The van der Waals surface area contributed by atoms with E-state index in [4.69, 9.17) is 5.73 Å². The monoisotopic (exact) mass is 379 g/mol. The maximum atomic E-state index is 12.5. The van der Waals surface area contributed by atoms with Crippen molar-refractivity contribution in [3.05, 3.63) is 47.3 Å². The molecule has 0 spiro atoms. The lowest BCUT2D eigenvalue weighted by atomic mass is 10.0. The maximum absolute atomic E-state index is 12.5. The highest BCUT2D eigenvalue weighted by molar-refractivity contribution is 7.94. The Morgan fingerprint density at radius 3 is 2.80 bits per heavy atom. The molecule has 2 atom stereocenters. The second-order valence-corrected chi connectivity index (χ2v) is 8.98. The van der Waals surface area contributed by atoms with Gasteiger partial charge < -0.3 is 11.1 Å². The highest BCUT2D eigenvalue weighted by atomic mass is 32.2. The first-order valence-electron chi connectivity index (χ1n) is 8.17. The van der Waals surface area contributed by atoms with Gasteiger partial charge in [0.2, 0.25) is 0 Å². The molecule has 25 heavy (non-hydrogen) atoms. The average molecular weight is 380 g/mol. The minimum Gasteiger partial charge on any atom is -0.349 e. The van der Waals surface area contributed by atoms with E-state index in [-0.39, 0.29) is 16.2 Å². The predicted molar refractivity (Wildman–Crippen MR) is 99.2 cm³/mol. The Kier molecular flexibility index (Phi) is 5.41. The summed E-state index contributed by atoms with van der Waals surface area (Å²) >= 11 is 1.14. The van der Waals surface area contributed by atoms with Crippen molar-refractivity contribution in [2.45, 2.75) is 29.5 Å². The predicted octanol–water partition coefficient (Wildman–Crippen LogP) is 2.41. The number of thiophene rings is 1. The third kappa shape index (κ3) is 4.20. The molecule has 6 nitrogen and oxygen atoms in total. The highest BCUT2D eigenvalue weighted by Crippen LogP contribution is 2.25. The van der Waals surface area contributed by atoms with E-state index in [2.05, 4.69) is 10.0 Å². The first-order valence-corrected chi connectivity index (χ1v) is 10.5. The second-order valence-electron chi connectivity index (χ2n) is 6.13.